The van der Waals surface area contributed by atoms with Crippen LogP contribution in [0.5, 0.6) is 0 Å². The van der Waals surface area contributed by atoms with Crippen LogP contribution in [0, 0.1) is 32.9 Å². The van der Waals surface area contributed by atoms with Crippen molar-refractivity contribution in [3.63, 3.8) is 0 Å². The number of hydrogen-bond donors (Lipinski definition) is 0. The first-order chi connectivity index (χ1) is 22.7. The predicted molar refractivity (Wildman–Crippen MR) is 198 cm³/mol. The monoisotopic (exact) mass is 820 g/mol. The number of pyridine rings is 1. The van der Waals surface area contributed by atoms with Crippen LogP contribution in [0.15, 0.2) is 120 Å². The molecular weight excluding hydrogens is 783 g/mol. The molecule has 0 N–H and O–H groups in total. The van der Waals surface area contributed by atoms with Crippen molar-refractivity contribution < 1.29 is 24.5 Å². The summed E-state index contributed by atoms with van der Waals surface area (Å²) in [6, 6.07) is 43.6. The fraction of sp³-hybridized carbons (Fsp3) is 0.143. The molecule has 48 heavy (non-hydrogen) atoms. The number of hydrogen-bond acceptors (Lipinski definition) is 3. The van der Waals surface area contributed by atoms with Gasteiger partial charge in [0.25, 0.3) is 0 Å². The summed E-state index contributed by atoms with van der Waals surface area (Å²) in [6.07, 6.45) is 2.05. The van der Waals surface area contributed by atoms with Gasteiger partial charge in [0.15, 0.2) is 0 Å². The summed E-state index contributed by atoms with van der Waals surface area (Å²) in [6.45, 7) is 13.5. The Kier molecular flexibility index (Phi) is 9.35. The minimum Gasteiger partial charge on any atom is -0.501 e. The molecule has 241 valence electrons. The van der Waals surface area contributed by atoms with Gasteiger partial charge in [-0.2, -0.15) is 0 Å². The van der Waals surface area contributed by atoms with Gasteiger partial charge in [-0.1, -0.05) is 90.8 Å². The van der Waals surface area contributed by atoms with Gasteiger partial charge in [-0.3, -0.25) is 4.98 Å². The molecule has 0 aliphatic heterocycles. The molecule has 3 aromatic heterocycles. The van der Waals surface area contributed by atoms with E-state index in [4.69, 9.17) is 9.40 Å². The van der Waals surface area contributed by atoms with E-state index in [1.807, 2.05) is 48.5 Å². The maximum atomic E-state index is 6.30. The van der Waals surface area contributed by atoms with Crippen LogP contribution in [0.25, 0.3) is 61.3 Å². The second kappa shape index (κ2) is 13.5. The van der Waals surface area contributed by atoms with Gasteiger partial charge in [0.1, 0.15) is 5.58 Å². The van der Waals surface area contributed by atoms with E-state index < -0.39 is 8.07 Å². The van der Waals surface area contributed by atoms with Crippen LogP contribution < -0.4 is 5.19 Å². The van der Waals surface area contributed by atoms with Crippen molar-refractivity contribution >= 4 is 46.2 Å². The Balaban J connectivity index is 0.000000191. The van der Waals surface area contributed by atoms with Crippen LogP contribution in [0.1, 0.15) is 16.7 Å². The van der Waals surface area contributed by atoms with Gasteiger partial charge in [-0.15, -0.1) is 54.1 Å². The average molecular weight is 820 g/mol. The summed E-state index contributed by atoms with van der Waals surface area (Å²) >= 11 is 0. The summed E-state index contributed by atoms with van der Waals surface area (Å²) in [4.78, 5) is 9.61. The number of fused-ring (bicyclic) bond motifs is 4. The van der Waals surface area contributed by atoms with E-state index in [1.165, 1.54) is 21.9 Å². The van der Waals surface area contributed by atoms with E-state index in [9.17, 15) is 0 Å². The van der Waals surface area contributed by atoms with Crippen molar-refractivity contribution in [1.82, 2.24) is 14.5 Å². The molecule has 0 unspecified atom stereocenters. The molecule has 0 bridgehead atoms. The minimum absolute atomic E-state index is 0. The van der Waals surface area contributed by atoms with E-state index in [1.54, 1.807) is 0 Å². The van der Waals surface area contributed by atoms with Crippen molar-refractivity contribution in [3.8, 4) is 28.3 Å². The Morgan fingerprint density at radius 3 is 2.17 bits per heavy atom. The Morgan fingerprint density at radius 2 is 1.44 bits per heavy atom. The van der Waals surface area contributed by atoms with Crippen molar-refractivity contribution in [2.75, 3.05) is 0 Å². The maximum Gasteiger partial charge on any atom is 0.120 e. The molecule has 8 aromatic rings. The summed E-state index contributed by atoms with van der Waals surface area (Å²) in [5.74, 6) is 0.846. The van der Waals surface area contributed by atoms with Crippen LogP contribution in [-0.4, -0.2) is 22.6 Å². The first-order valence-corrected chi connectivity index (χ1v) is 19.5. The zero-order valence-electron chi connectivity index (χ0n) is 28.1. The number of nitrogens with zero attached hydrogens (tertiary/aromatic N) is 3. The van der Waals surface area contributed by atoms with Gasteiger partial charge in [0, 0.05) is 37.4 Å². The van der Waals surface area contributed by atoms with Crippen molar-refractivity contribution in [2.24, 2.45) is 0 Å². The Morgan fingerprint density at radius 1 is 0.708 bits per heavy atom. The average Bonchev–Trinajstić information content (AvgIpc) is 3.64. The molecule has 0 saturated heterocycles. The molecule has 1 radical (unpaired) electrons. The Hall–Kier alpha value is -4.61. The minimum atomic E-state index is -1.27. The van der Waals surface area contributed by atoms with Gasteiger partial charge in [0.05, 0.1) is 30.5 Å². The van der Waals surface area contributed by atoms with Gasteiger partial charge in [-0.05, 0) is 61.0 Å². The van der Waals surface area contributed by atoms with E-state index >= 15 is 0 Å². The molecule has 0 aliphatic rings. The van der Waals surface area contributed by atoms with Crippen LogP contribution in [0.3, 0.4) is 0 Å². The second-order valence-electron chi connectivity index (χ2n) is 13.1. The SMILES string of the molecule is Cc1cc(-c2[c-]cccc2)ncc1[Si](C)(C)C.Cc1cccc(C)c1-n1c(-c2[c-]ccc3c2oc2ccccc23)nc2ccccc21.[Ir]. The molecule has 3 heterocycles. The topological polar surface area (TPSA) is 43.9 Å². The zero-order valence-corrected chi connectivity index (χ0v) is 31.4. The summed E-state index contributed by atoms with van der Waals surface area (Å²) in [5, 5.41) is 3.63. The molecule has 0 saturated carbocycles. The number of imidazole rings is 1. The molecule has 0 spiro atoms. The smallest absolute Gasteiger partial charge is 0.120 e. The quantitative estimate of drug-likeness (QED) is 0.131. The van der Waals surface area contributed by atoms with Gasteiger partial charge >= 0.3 is 0 Å². The Labute approximate surface area is 296 Å². The van der Waals surface area contributed by atoms with Crippen molar-refractivity contribution in [1.29, 1.82) is 0 Å². The molecule has 0 amide bonds. The molecular formula is C42H37IrN3OSi-2. The van der Waals surface area contributed by atoms with Crippen LogP contribution in [0.4, 0.5) is 0 Å². The molecule has 5 aromatic carbocycles. The van der Waals surface area contributed by atoms with Crippen LogP contribution in [-0.2, 0) is 20.1 Å². The third-order valence-electron chi connectivity index (χ3n) is 8.69. The largest absolute Gasteiger partial charge is 0.501 e. The van der Waals surface area contributed by atoms with Gasteiger partial charge < -0.3 is 14.0 Å². The van der Waals surface area contributed by atoms with Crippen LogP contribution >= 0.6 is 0 Å². The number of para-hydroxylation sites is 4. The molecule has 0 fully saturated rings. The number of furan rings is 1. The van der Waals surface area contributed by atoms with Gasteiger partial charge in [0.2, 0.25) is 0 Å². The van der Waals surface area contributed by atoms with Gasteiger partial charge in [-0.25, -0.2) is 0 Å². The number of benzene rings is 5. The zero-order chi connectivity index (χ0) is 32.7. The molecule has 8 rings (SSSR count). The Bertz CT molecular complexity index is 2360. The molecule has 4 nitrogen and oxygen atoms in total. The number of rotatable bonds is 4. The summed E-state index contributed by atoms with van der Waals surface area (Å²) in [7, 11) is -1.27. The maximum absolute atomic E-state index is 6.30. The first kappa shape index (κ1) is 33.3. The summed E-state index contributed by atoms with van der Waals surface area (Å²) < 4.78 is 8.55. The van der Waals surface area contributed by atoms with E-state index in [0.717, 1.165) is 61.3 Å². The van der Waals surface area contributed by atoms with Crippen molar-refractivity contribution in [3.05, 3.63) is 144 Å². The normalized spacial score (nSPS) is 11.4. The van der Waals surface area contributed by atoms with Crippen molar-refractivity contribution in [2.45, 2.75) is 40.4 Å². The fourth-order valence-corrected chi connectivity index (χ4v) is 8.18. The second-order valence-corrected chi connectivity index (χ2v) is 18.1. The number of aromatic nitrogens is 3. The van der Waals surface area contributed by atoms with E-state index in [2.05, 4.69) is 129 Å². The molecule has 6 heteroatoms. The summed E-state index contributed by atoms with van der Waals surface area (Å²) in [5.41, 5.74) is 11.6. The predicted octanol–water partition coefficient (Wildman–Crippen LogP) is 10.4. The van der Waals surface area contributed by atoms with E-state index in [0.29, 0.717) is 0 Å². The third kappa shape index (κ3) is 6.19. The standard InChI is InChI=1S/C27H19N2O.C15H18NSi.Ir/c1-17-9-7-10-18(2)25(17)29-23-15-5-4-14-22(23)28-27(29)21-13-8-12-20-19-11-3-6-16-24(19)30-26(20)21;1-12-10-14(13-8-6-5-7-9-13)16-11-15(12)17(2,3)4;/h3-12,14-16H,1-2H3;5-8,10-11H,1-4H3;/q2*-1;. The first-order valence-electron chi connectivity index (χ1n) is 16.0. The van der Waals surface area contributed by atoms with Crippen LogP contribution in [0.2, 0.25) is 19.6 Å². The third-order valence-corrected chi connectivity index (χ3v) is 10.8. The van der Waals surface area contributed by atoms with E-state index in [-0.39, 0.29) is 20.1 Å². The molecule has 0 aliphatic carbocycles. The fourth-order valence-electron chi connectivity index (χ4n) is 6.48. The molecule has 0 atom stereocenters. The number of aryl methyl sites for hydroxylation is 3.